The summed E-state index contributed by atoms with van der Waals surface area (Å²) in [5, 5.41) is 18.8. The second-order valence-corrected chi connectivity index (χ2v) is 4.97. The normalized spacial score (nSPS) is 10.5. The van der Waals surface area contributed by atoms with E-state index in [0.717, 1.165) is 4.68 Å². The molecule has 0 fully saturated rings. The lowest BCUT2D eigenvalue weighted by atomic mass is 10.1. The molecular formula is C16H12N4O6. The molecule has 26 heavy (non-hydrogen) atoms. The van der Waals surface area contributed by atoms with Gasteiger partial charge in [0.05, 0.1) is 17.8 Å². The molecule has 0 N–H and O–H groups in total. The molecule has 1 aromatic carbocycles. The number of nitrogens with zero attached hydrogens (tertiary/aromatic N) is 4. The van der Waals surface area contributed by atoms with Crippen molar-refractivity contribution in [1.29, 1.82) is 0 Å². The molecule has 132 valence electrons. The van der Waals surface area contributed by atoms with Crippen LogP contribution in [0.1, 0.15) is 33.7 Å². The Hall–Kier alpha value is -3.82. The zero-order chi connectivity index (χ0) is 18.7. The number of aromatic nitrogens is 3. The largest absolute Gasteiger partial charge is 0.461 e. The lowest BCUT2D eigenvalue weighted by molar-refractivity contribution is -0.384. The fourth-order valence-electron chi connectivity index (χ4n) is 2.31. The molecule has 0 aliphatic carbocycles. The fourth-order valence-corrected chi connectivity index (χ4v) is 2.31. The molecule has 0 atom stereocenters. The molecule has 0 radical (unpaired) electrons. The highest BCUT2D eigenvalue weighted by molar-refractivity contribution is 6.11. The first-order valence-electron chi connectivity index (χ1n) is 7.49. The van der Waals surface area contributed by atoms with E-state index in [1.165, 1.54) is 42.7 Å². The van der Waals surface area contributed by atoms with Gasteiger partial charge in [-0.15, -0.1) is 5.10 Å². The molecule has 0 aliphatic heterocycles. The summed E-state index contributed by atoms with van der Waals surface area (Å²) in [5.74, 6) is -1.63. The van der Waals surface area contributed by atoms with Crippen LogP contribution in [0.5, 0.6) is 0 Å². The Balaban J connectivity index is 2.20. The summed E-state index contributed by atoms with van der Waals surface area (Å²) in [6.45, 7) is 1.63. The van der Waals surface area contributed by atoms with E-state index >= 15 is 0 Å². The maximum Gasteiger partial charge on any atom is 0.359 e. The number of carbonyl (C=O) groups is 2. The van der Waals surface area contributed by atoms with E-state index in [1.54, 1.807) is 6.92 Å². The van der Waals surface area contributed by atoms with E-state index in [0.29, 0.717) is 0 Å². The van der Waals surface area contributed by atoms with E-state index in [2.05, 4.69) is 10.3 Å². The Morgan fingerprint density at radius 3 is 2.69 bits per heavy atom. The van der Waals surface area contributed by atoms with Crippen molar-refractivity contribution in [1.82, 2.24) is 15.0 Å². The predicted molar refractivity (Wildman–Crippen MR) is 86.1 cm³/mol. The fraction of sp³-hybridized carbons (Fsp3) is 0.125. The molecule has 2 heterocycles. The molecule has 10 heteroatoms. The van der Waals surface area contributed by atoms with Gasteiger partial charge in [0.1, 0.15) is 5.69 Å². The topological polar surface area (TPSA) is 130 Å². The minimum atomic E-state index is -0.884. The lowest BCUT2D eigenvalue weighted by Gasteiger charge is -2.07. The molecule has 2 aromatic heterocycles. The van der Waals surface area contributed by atoms with Gasteiger partial charge in [0.25, 0.3) is 11.5 Å². The van der Waals surface area contributed by atoms with Crippen molar-refractivity contribution in [2.24, 2.45) is 0 Å². The highest BCUT2D eigenvalue weighted by atomic mass is 16.6. The standard InChI is InChI=1S/C16H12N4O6/c1-2-25-16(22)14-13(15(21)12-8-5-9-26-12)17-18-19(14)10-6-3-4-7-11(10)20(23)24/h3-9H,2H2,1H3. The Morgan fingerprint density at radius 1 is 1.27 bits per heavy atom. The molecule has 0 spiro atoms. The van der Waals surface area contributed by atoms with Crippen molar-refractivity contribution in [3.63, 3.8) is 0 Å². The van der Waals surface area contributed by atoms with Gasteiger partial charge in [-0.2, -0.15) is 4.68 Å². The van der Waals surface area contributed by atoms with Crippen molar-refractivity contribution in [3.05, 3.63) is 69.9 Å². The van der Waals surface area contributed by atoms with Crippen molar-refractivity contribution in [3.8, 4) is 5.69 Å². The maximum atomic E-state index is 12.5. The lowest BCUT2D eigenvalue weighted by Crippen LogP contribution is -2.17. The summed E-state index contributed by atoms with van der Waals surface area (Å²) in [7, 11) is 0. The monoisotopic (exact) mass is 356 g/mol. The summed E-state index contributed by atoms with van der Waals surface area (Å²) in [4.78, 5) is 35.6. The molecule has 0 unspecified atom stereocenters. The summed E-state index contributed by atoms with van der Waals surface area (Å²) in [6, 6.07) is 8.55. The number of rotatable bonds is 6. The number of furan rings is 1. The SMILES string of the molecule is CCOC(=O)c1c(C(=O)c2ccco2)nnn1-c1ccccc1[N+](=O)[O-]. The van der Waals surface area contributed by atoms with Gasteiger partial charge < -0.3 is 9.15 Å². The molecule has 0 amide bonds. The number of para-hydroxylation sites is 2. The van der Waals surface area contributed by atoms with Crippen LogP contribution in [-0.4, -0.2) is 38.3 Å². The number of nitro benzene ring substituents is 1. The first-order chi connectivity index (χ1) is 12.5. The van der Waals surface area contributed by atoms with Gasteiger partial charge in [0.2, 0.25) is 0 Å². The van der Waals surface area contributed by atoms with E-state index in [-0.39, 0.29) is 35.1 Å². The molecular weight excluding hydrogens is 344 g/mol. The van der Waals surface area contributed by atoms with Crippen molar-refractivity contribution >= 4 is 17.4 Å². The maximum absolute atomic E-state index is 12.5. The summed E-state index contributed by atoms with van der Waals surface area (Å²) in [5.41, 5.74) is -0.967. The predicted octanol–water partition coefficient (Wildman–Crippen LogP) is 2.18. The molecule has 3 aromatic rings. The average Bonchev–Trinajstić information content (AvgIpc) is 3.31. The Morgan fingerprint density at radius 2 is 2.04 bits per heavy atom. The average molecular weight is 356 g/mol. The van der Waals surface area contributed by atoms with Gasteiger partial charge in [0, 0.05) is 6.07 Å². The highest BCUT2D eigenvalue weighted by Gasteiger charge is 2.31. The smallest absolute Gasteiger partial charge is 0.359 e. The zero-order valence-electron chi connectivity index (χ0n) is 13.5. The summed E-state index contributed by atoms with van der Waals surface area (Å²) in [6.07, 6.45) is 1.30. The number of ether oxygens (including phenoxy) is 1. The van der Waals surface area contributed by atoms with Gasteiger partial charge in [0.15, 0.2) is 17.1 Å². The third-order valence-electron chi connectivity index (χ3n) is 3.41. The van der Waals surface area contributed by atoms with Crippen LogP contribution in [0.15, 0.2) is 47.1 Å². The second kappa shape index (κ2) is 6.97. The third kappa shape index (κ3) is 2.95. The zero-order valence-corrected chi connectivity index (χ0v) is 13.5. The van der Waals surface area contributed by atoms with Crippen LogP contribution in [0.4, 0.5) is 5.69 Å². The number of hydrogen-bond donors (Lipinski definition) is 0. The number of esters is 1. The van der Waals surface area contributed by atoms with Gasteiger partial charge >= 0.3 is 5.97 Å². The van der Waals surface area contributed by atoms with E-state index in [1.807, 2.05) is 0 Å². The van der Waals surface area contributed by atoms with Crippen molar-refractivity contribution in [2.75, 3.05) is 6.61 Å². The number of benzene rings is 1. The number of nitro groups is 1. The van der Waals surface area contributed by atoms with Gasteiger partial charge in [-0.1, -0.05) is 17.3 Å². The number of carbonyl (C=O) groups excluding carboxylic acids is 2. The first-order valence-corrected chi connectivity index (χ1v) is 7.49. The first kappa shape index (κ1) is 17.0. The van der Waals surface area contributed by atoms with E-state index < -0.39 is 16.7 Å². The van der Waals surface area contributed by atoms with E-state index in [4.69, 9.17) is 9.15 Å². The van der Waals surface area contributed by atoms with Gasteiger partial charge in [-0.3, -0.25) is 14.9 Å². The molecule has 3 rings (SSSR count). The van der Waals surface area contributed by atoms with Crippen LogP contribution in [0.25, 0.3) is 5.69 Å². The second-order valence-electron chi connectivity index (χ2n) is 4.97. The molecule has 0 saturated carbocycles. The van der Waals surface area contributed by atoms with Crippen molar-refractivity contribution < 1.29 is 23.7 Å². The molecule has 0 bridgehead atoms. The number of hydrogen-bond acceptors (Lipinski definition) is 8. The quantitative estimate of drug-likeness (QED) is 0.284. The van der Waals surface area contributed by atoms with Crippen LogP contribution in [0.2, 0.25) is 0 Å². The van der Waals surface area contributed by atoms with Crippen LogP contribution < -0.4 is 0 Å². The van der Waals surface area contributed by atoms with Crippen LogP contribution in [-0.2, 0) is 4.74 Å². The van der Waals surface area contributed by atoms with Crippen LogP contribution in [0.3, 0.4) is 0 Å². The molecule has 10 nitrogen and oxygen atoms in total. The molecule has 0 aliphatic rings. The highest BCUT2D eigenvalue weighted by Crippen LogP contribution is 2.25. The Labute approximate surface area is 146 Å². The molecule has 0 saturated heterocycles. The van der Waals surface area contributed by atoms with Crippen LogP contribution in [0, 0.1) is 10.1 Å². The summed E-state index contributed by atoms with van der Waals surface area (Å²) >= 11 is 0. The third-order valence-corrected chi connectivity index (χ3v) is 3.41. The number of ketones is 1. The van der Waals surface area contributed by atoms with Crippen LogP contribution >= 0.6 is 0 Å². The Kier molecular flexibility index (Phi) is 4.56. The minimum Gasteiger partial charge on any atom is -0.461 e. The summed E-state index contributed by atoms with van der Waals surface area (Å²) < 4.78 is 10.9. The van der Waals surface area contributed by atoms with Gasteiger partial charge in [-0.25, -0.2) is 4.79 Å². The van der Waals surface area contributed by atoms with Crippen molar-refractivity contribution in [2.45, 2.75) is 6.92 Å². The van der Waals surface area contributed by atoms with Gasteiger partial charge in [-0.05, 0) is 25.1 Å². The Bertz CT molecular complexity index is 977. The van der Waals surface area contributed by atoms with E-state index in [9.17, 15) is 19.7 Å². The minimum absolute atomic E-state index is 0.0217.